The number of anilines is 1. The summed E-state index contributed by atoms with van der Waals surface area (Å²) >= 11 is 5.35. The highest BCUT2D eigenvalue weighted by molar-refractivity contribution is 7.27. The first-order valence-electron chi connectivity index (χ1n) is 11.9. The number of esters is 1. The number of methoxy groups -OCH3 is 1. The highest BCUT2D eigenvalue weighted by Gasteiger charge is 2.13. The number of nitrogens with one attached hydrogen (secondary N) is 1. The van der Waals surface area contributed by atoms with E-state index in [9.17, 15) is 4.79 Å². The highest BCUT2D eigenvalue weighted by atomic mass is 32.1. The fourth-order valence-corrected chi connectivity index (χ4v) is 6.82. The second-order valence-corrected chi connectivity index (χ2v) is 11.4. The van der Waals surface area contributed by atoms with Crippen molar-refractivity contribution in [1.82, 2.24) is 0 Å². The Labute approximate surface area is 214 Å². The maximum absolute atomic E-state index is 12.3. The molecule has 0 aliphatic heterocycles. The van der Waals surface area contributed by atoms with Crippen LogP contribution in [-0.2, 0) is 4.74 Å². The predicted molar refractivity (Wildman–Crippen MR) is 150 cm³/mol. The van der Waals surface area contributed by atoms with Crippen LogP contribution in [0.15, 0.2) is 60.0 Å². The number of ether oxygens (including phenoxy) is 1. The van der Waals surface area contributed by atoms with Crippen LogP contribution in [0.4, 0.5) is 5.69 Å². The molecule has 0 spiro atoms. The van der Waals surface area contributed by atoms with Crippen molar-refractivity contribution in [2.45, 2.75) is 45.4 Å². The van der Waals surface area contributed by atoms with E-state index in [0.29, 0.717) is 5.56 Å². The van der Waals surface area contributed by atoms with Gasteiger partial charge in [-0.1, -0.05) is 45.1 Å². The summed E-state index contributed by atoms with van der Waals surface area (Å²) in [5.41, 5.74) is 2.59. The SMILES string of the molecule is CCCCCCCCNc1cc(C(=O)OC)cc(-c2ccc(-c3ccc(-c4cccs4)s3)s2)c1. The Morgan fingerprint density at radius 2 is 1.50 bits per heavy atom. The minimum atomic E-state index is -0.305. The number of rotatable bonds is 12. The molecule has 1 N–H and O–H groups in total. The van der Waals surface area contributed by atoms with Crippen molar-refractivity contribution >= 4 is 45.7 Å². The summed E-state index contributed by atoms with van der Waals surface area (Å²) in [4.78, 5) is 18.6. The molecule has 34 heavy (non-hydrogen) atoms. The molecule has 0 aliphatic rings. The van der Waals surface area contributed by atoms with Gasteiger partial charge in [0.25, 0.3) is 0 Å². The lowest BCUT2D eigenvalue weighted by atomic mass is 10.1. The molecule has 4 rings (SSSR count). The normalized spacial score (nSPS) is 11.0. The lowest BCUT2D eigenvalue weighted by molar-refractivity contribution is 0.0601. The van der Waals surface area contributed by atoms with Gasteiger partial charge in [-0.3, -0.25) is 0 Å². The van der Waals surface area contributed by atoms with E-state index in [-0.39, 0.29) is 5.97 Å². The summed E-state index contributed by atoms with van der Waals surface area (Å²) in [6.07, 6.45) is 7.57. The van der Waals surface area contributed by atoms with Crippen LogP contribution in [-0.4, -0.2) is 19.6 Å². The zero-order valence-corrected chi connectivity index (χ0v) is 22.2. The van der Waals surface area contributed by atoms with E-state index in [1.54, 1.807) is 22.7 Å². The number of unbranched alkanes of at least 4 members (excludes halogenated alkanes) is 5. The molecule has 0 atom stereocenters. The van der Waals surface area contributed by atoms with Crippen molar-refractivity contribution in [3.8, 4) is 29.9 Å². The fourth-order valence-electron chi connectivity index (χ4n) is 3.89. The lowest BCUT2D eigenvalue weighted by Gasteiger charge is -2.11. The third-order valence-electron chi connectivity index (χ3n) is 5.72. The van der Waals surface area contributed by atoms with Crippen molar-refractivity contribution in [2.24, 2.45) is 0 Å². The first kappa shape index (κ1) is 24.7. The van der Waals surface area contributed by atoms with Crippen molar-refractivity contribution in [1.29, 1.82) is 0 Å². The second kappa shape index (κ2) is 12.3. The summed E-state index contributed by atoms with van der Waals surface area (Å²) in [5, 5.41) is 5.64. The van der Waals surface area contributed by atoms with Crippen molar-refractivity contribution in [3.05, 3.63) is 65.5 Å². The van der Waals surface area contributed by atoms with Gasteiger partial charge in [0.1, 0.15) is 0 Å². The topological polar surface area (TPSA) is 38.3 Å². The van der Waals surface area contributed by atoms with Crippen molar-refractivity contribution in [2.75, 3.05) is 19.0 Å². The molecular formula is C28H31NO2S3. The van der Waals surface area contributed by atoms with Crippen LogP contribution in [0.3, 0.4) is 0 Å². The molecule has 3 heterocycles. The van der Waals surface area contributed by atoms with Gasteiger partial charge in [0.15, 0.2) is 0 Å². The Morgan fingerprint density at radius 1 is 0.824 bits per heavy atom. The van der Waals surface area contributed by atoms with Gasteiger partial charge < -0.3 is 10.1 Å². The zero-order valence-electron chi connectivity index (χ0n) is 19.8. The molecule has 3 nitrogen and oxygen atoms in total. The number of thiophene rings is 3. The Hall–Kier alpha value is -2.41. The quantitative estimate of drug-likeness (QED) is 0.153. The maximum atomic E-state index is 12.3. The Morgan fingerprint density at radius 3 is 2.21 bits per heavy atom. The van der Waals surface area contributed by atoms with Crippen molar-refractivity contribution < 1.29 is 9.53 Å². The number of carbonyl (C=O) groups excluding carboxylic acids is 1. The van der Waals surface area contributed by atoms with Crippen LogP contribution in [0, 0.1) is 0 Å². The number of hydrogen-bond acceptors (Lipinski definition) is 6. The first-order chi connectivity index (χ1) is 16.7. The molecule has 0 bridgehead atoms. The molecule has 0 saturated heterocycles. The lowest BCUT2D eigenvalue weighted by Crippen LogP contribution is -2.05. The van der Waals surface area contributed by atoms with Gasteiger partial charge in [-0.2, -0.15) is 0 Å². The fraction of sp³-hybridized carbons (Fsp3) is 0.321. The maximum Gasteiger partial charge on any atom is 0.337 e. The zero-order chi connectivity index (χ0) is 23.8. The monoisotopic (exact) mass is 509 g/mol. The van der Waals surface area contributed by atoms with Gasteiger partial charge in [0.05, 0.1) is 12.7 Å². The molecule has 0 saturated carbocycles. The van der Waals surface area contributed by atoms with E-state index in [4.69, 9.17) is 4.74 Å². The highest BCUT2D eigenvalue weighted by Crippen LogP contribution is 2.41. The van der Waals surface area contributed by atoms with Gasteiger partial charge in [0.2, 0.25) is 0 Å². The van der Waals surface area contributed by atoms with E-state index in [0.717, 1.165) is 29.1 Å². The van der Waals surface area contributed by atoms with E-state index in [2.05, 4.69) is 60.1 Å². The van der Waals surface area contributed by atoms with Crippen LogP contribution >= 0.6 is 34.0 Å². The van der Waals surface area contributed by atoms with Crippen LogP contribution in [0.2, 0.25) is 0 Å². The molecule has 0 radical (unpaired) electrons. The average Bonchev–Trinajstić information content (AvgIpc) is 3.63. The number of hydrogen-bond donors (Lipinski definition) is 1. The van der Waals surface area contributed by atoms with Crippen LogP contribution in [0.5, 0.6) is 0 Å². The Balaban J connectivity index is 1.49. The Kier molecular flexibility index (Phi) is 8.97. The summed E-state index contributed by atoms with van der Waals surface area (Å²) in [7, 11) is 1.43. The molecule has 0 amide bonds. The van der Waals surface area contributed by atoms with E-state index < -0.39 is 0 Å². The van der Waals surface area contributed by atoms with Gasteiger partial charge in [-0.15, -0.1) is 34.0 Å². The molecule has 1 aromatic carbocycles. The standard InChI is InChI=1S/C28H31NO2S3/c1-3-4-5-6-7-8-15-29-22-18-20(17-21(19-22)28(30)31-2)23-11-12-26(33-23)27-14-13-25(34-27)24-10-9-16-32-24/h9-14,16-19,29H,3-8,15H2,1-2H3. The number of benzene rings is 1. The molecule has 0 unspecified atom stereocenters. The molecule has 178 valence electrons. The number of carbonyl (C=O) groups is 1. The Bertz CT molecular complexity index is 1190. The smallest absolute Gasteiger partial charge is 0.337 e. The average molecular weight is 510 g/mol. The van der Waals surface area contributed by atoms with Crippen LogP contribution in [0.1, 0.15) is 55.8 Å². The molecule has 0 fully saturated rings. The minimum Gasteiger partial charge on any atom is -0.465 e. The van der Waals surface area contributed by atoms with Gasteiger partial charge in [-0.05, 0) is 65.9 Å². The van der Waals surface area contributed by atoms with E-state index >= 15 is 0 Å². The third kappa shape index (κ3) is 6.38. The summed E-state index contributed by atoms with van der Waals surface area (Å²) in [6, 6.07) is 19.0. The third-order valence-corrected chi connectivity index (χ3v) is 9.20. The van der Waals surface area contributed by atoms with Crippen molar-refractivity contribution in [3.63, 3.8) is 0 Å². The predicted octanol–water partition coefficient (Wildman–Crippen LogP) is 9.43. The van der Waals surface area contributed by atoms with Gasteiger partial charge >= 0.3 is 5.97 Å². The van der Waals surface area contributed by atoms with Crippen LogP contribution < -0.4 is 5.32 Å². The molecular weight excluding hydrogens is 479 g/mol. The molecule has 3 aromatic heterocycles. The molecule has 0 aliphatic carbocycles. The van der Waals surface area contributed by atoms with Crippen LogP contribution in [0.25, 0.3) is 29.9 Å². The second-order valence-electron chi connectivity index (χ2n) is 8.29. The largest absolute Gasteiger partial charge is 0.465 e. The van der Waals surface area contributed by atoms with E-state index in [1.807, 2.05) is 23.5 Å². The minimum absolute atomic E-state index is 0.305. The summed E-state index contributed by atoms with van der Waals surface area (Å²) < 4.78 is 5.01. The molecule has 6 heteroatoms. The summed E-state index contributed by atoms with van der Waals surface area (Å²) in [5.74, 6) is -0.305. The van der Waals surface area contributed by atoms with Gasteiger partial charge in [0, 0.05) is 36.6 Å². The van der Waals surface area contributed by atoms with E-state index in [1.165, 1.54) is 58.7 Å². The molecule has 4 aromatic rings. The summed E-state index contributed by atoms with van der Waals surface area (Å²) in [6.45, 7) is 3.15. The first-order valence-corrected chi connectivity index (χ1v) is 14.4. The van der Waals surface area contributed by atoms with Gasteiger partial charge in [-0.25, -0.2) is 4.79 Å².